The standard InChI is InChI=1S/C59H68N2/c1-6-49(61(58-27-17-23-45-22-13-14-25-52(45)58)50(33-28-41(2)3)37-42-18-9-7-10-19-42)34-30-43-29-31-46-38-54-53-35-32-48(40-56(53)59(4,5)55(54)39-47(46)36-43)60-57-26-16-15-24-51(57)44-20-11-8-12-21-44/h8,11-13,15-16,18,20-22,24,26-28,31,33-34,36,38-41,43,50,60H,6-7,9-10,14,17,19,23,25,29-30,32,35,37H2,1-5H3/b33-28-,49-34+/t43-,50?/m0/s1. The van der Waals surface area contributed by atoms with Crippen molar-refractivity contribution in [1.82, 2.24) is 4.90 Å². The van der Waals surface area contributed by atoms with Crippen LogP contribution in [-0.2, 0) is 5.41 Å². The third-order valence-corrected chi connectivity index (χ3v) is 14.4. The highest BCUT2D eigenvalue weighted by molar-refractivity contribution is 5.85. The Morgan fingerprint density at radius 3 is 2.49 bits per heavy atom. The average molecular weight is 805 g/mol. The van der Waals surface area contributed by atoms with E-state index >= 15 is 0 Å². The van der Waals surface area contributed by atoms with Gasteiger partial charge in [-0.05, 0) is 175 Å². The Hall–Kier alpha value is -5.08. The maximum Gasteiger partial charge on any atom is 0.0556 e. The van der Waals surface area contributed by atoms with Crippen LogP contribution < -0.4 is 15.8 Å². The Labute approximate surface area is 367 Å². The first kappa shape index (κ1) is 41.3. The number of allylic oxidation sites excluding steroid dienone is 13. The van der Waals surface area contributed by atoms with Gasteiger partial charge in [-0.2, -0.15) is 0 Å². The molecule has 2 atom stereocenters. The Morgan fingerprint density at radius 2 is 1.67 bits per heavy atom. The van der Waals surface area contributed by atoms with Gasteiger partial charge >= 0.3 is 0 Å². The fraction of sp³-hybridized carbons (Fsp3) is 0.390. The molecule has 1 N–H and O–H groups in total. The second kappa shape index (κ2) is 18.1. The predicted molar refractivity (Wildman–Crippen MR) is 262 cm³/mol. The summed E-state index contributed by atoms with van der Waals surface area (Å²) < 4.78 is 0. The van der Waals surface area contributed by atoms with Crippen molar-refractivity contribution in [2.45, 2.75) is 136 Å². The van der Waals surface area contributed by atoms with Crippen LogP contribution in [0.25, 0.3) is 28.9 Å². The molecule has 0 bridgehead atoms. The number of rotatable bonds is 13. The van der Waals surface area contributed by atoms with Crippen LogP contribution in [0.3, 0.4) is 0 Å². The monoisotopic (exact) mass is 805 g/mol. The lowest BCUT2D eigenvalue weighted by Gasteiger charge is -2.40. The lowest BCUT2D eigenvalue weighted by molar-refractivity contribution is 0.343. The highest BCUT2D eigenvalue weighted by atomic mass is 15.2. The van der Waals surface area contributed by atoms with E-state index in [1.54, 1.807) is 22.3 Å². The van der Waals surface area contributed by atoms with Crippen molar-refractivity contribution in [3.05, 3.63) is 176 Å². The molecule has 314 valence electrons. The number of fused-ring (bicyclic) bond motifs is 3. The van der Waals surface area contributed by atoms with Gasteiger partial charge in [0, 0.05) is 33.8 Å². The molecule has 3 aromatic carbocycles. The SMILES string of the molecule is CC/C(=C\C[C@H]1C=c2cc3c(cc2=CC1)C1=C(C=C(Nc2ccccc2-c2ccccc2)CC1)C3(C)C)N(C1=CCCC2=C1CCC=C2)C(/C=C\C(C)C)CC1=CCCCC1. The van der Waals surface area contributed by atoms with E-state index in [9.17, 15) is 0 Å². The fourth-order valence-electron chi connectivity index (χ4n) is 11.1. The van der Waals surface area contributed by atoms with Gasteiger partial charge < -0.3 is 10.2 Å². The largest absolute Gasteiger partial charge is 0.358 e. The van der Waals surface area contributed by atoms with Gasteiger partial charge in [-0.25, -0.2) is 0 Å². The molecule has 0 heterocycles. The molecule has 6 aliphatic rings. The van der Waals surface area contributed by atoms with Crippen LogP contribution in [0.2, 0.25) is 0 Å². The zero-order chi connectivity index (χ0) is 41.9. The molecule has 61 heavy (non-hydrogen) atoms. The number of para-hydroxylation sites is 1. The van der Waals surface area contributed by atoms with Crippen LogP contribution in [0.1, 0.15) is 136 Å². The second-order valence-electron chi connectivity index (χ2n) is 19.4. The number of nitrogens with zero attached hydrogens (tertiary/aromatic N) is 1. The first-order valence-electron chi connectivity index (χ1n) is 23.9. The van der Waals surface area contributed by atoms with E-state index in [1.807, 2.05) is 0 Å². The molecule has 0 saturated carbocycles. The number of nitrogens with one attached hydrogen (secondary N) is 1. The van der Waals surface area contributed by atoms with Crippen LogP contribution in [0, 0.1) is 11.8 Å². The minimum absolute atomic E-state index is 0.0512. The number of anilines is 1. The van der Waals surface area contributed by atoms with Crippen molar-refractivity contribution in [2.24, 2.45) is 11.8 Å². The summed E-state index contributed by atoms with van der Waals surface area (Å²) in [5.74, 6) is 1.02. The minimum atomic E-state index is -0.0512. The summed E-state index contributed by atoms with van der Waals surface area (Å²) in [6, 6.07) is 24.9. The summed E-state index contributed by atoms with van der Waals surface area (Å²) in [5, 5.41) is 6.73. The molecule has 6 aliphatic carbocycles. The van der Waals surface area contributed by atoms with Crippen molar-refractivity contribution in [1.29, 1.82) is 0 Å². The summed E-state index contributed by atoms with van der Waals surface area (Å²) in [4.78, 5) is 2.82. The molecule has 0 fully saturated rings. The first-order chi connectivity index (χ1) is 29.8. The van der Waals surface area contributed by atoms with Crippen LogP contribution in [0.4, 0.5) is 5.69 Å². The Morgan fingerprint density at radius 1 is 0.820 bits per heavy atom. The Balaban J connectivity index is 1.00. The summed E-state index contributed by atoms with van der Waals surface area (Å²) in [6.45, 7) is 11.9. The van der Waals surface area contributed by atoms with Crippen molar-refractivity contribution < 1.29 is 0 Å². The third kappa shape index (κ3) is 8.71. The van der Waals surface area contributed by atoms with Gasteiger partial charge in [0.15, 0.2) is 0 Å². The number of hydrogen-bond acceptors (Lipinski definition) is 2. The van der Waals surface area contributed by atoms with Gasteiger partial charge in [0.2, 0.25) is 0 Å². The average Bonchev–Trinajstić information content (AvgIpc) is 3.50. The lowest BCUT2D eigenvalue weighted by atomic mass is 9.79. The van der Waals surface area contributed by atoms with Crippen LogP contribution in [0.15, 0.2) is 155 Å². The lowest BCUT2D eigenvalue weighted by Crippen LogP contribution is -2.35. The van der Waals surface area contributed by atoms with Crippen molar-refractivity contribution in [2.75, 3.05) is 5.32 Å². The molecule has 0 spiro atoms. The smallest absolute Gasteiger partial charge is 0.0556 e. The van der Waals surface area contributed by atoms with Crippen LogP contribution in [0.5, 0.6) is 0 Å². The molecule has 0 amide bonds. The molecular weight excluding hydrogens is 737 g/mol. The van der Waals surface area contributed by atoms with Crippen molar-refractivity contribution in [3.8, 4) is 11.1 Å². The molecule has 2 heteroatoms. The molecule has 0 saturated heterocycles. The van der Waals surface area contributed by atoms with Crippen molar-refractivity contribution >= 4 is 23.4 Å². The van der Waals surface area contributed by atoms with E-state index in [2.05, 4.69) is 172 Å². The maximum atomic E-state index is 3.89. The topological polar surface area (TPSA) is 15.3 Å². The van der Waals surface area contributed by atoms with E-state index in [4.69, 9.17) is 0 Å². The maximum absolute atomic E-state index is 3.89. The van der Waals surface area contributed by atoms with E-state index in [0.29, 0.717) is 17.9 Å². The summed E-state index contributed by atoms with van der Waals surface area (Å²) in [7, 11) is 0. The molecule has 3 aromatic rings. The molecule has 0 radical (unpaired) electrons. The van der Waals surface area contributed by atoms with Gasteiger partial charge in [0.25, 0.3) is 0 Å². The highest BCUT2D eigenvalue weighted by Crippen LogP contribution is 2.50. The predicted octanol–water partition coefficient (Wildman–Crippen LogP) is 14.6. The second-order valence-corrected chi connectivity index (χ2v) is 19.4. The highest BCUT2D eigenvalue weighted by Gasteiger charge is 2.38. The Kier molecular flexibility index (Phi) is 12.3. The third-order valence-electron chi connectivity index (χ3n) is 14.4. The molecular formula is C59H68N2. The normalized spacial score (nSPS) is 21.1. The van der Waals surface area contributed by atoms with Gasteiger partial charge in [-0.3, -0.25) is 0 Å². The van der Waals surface area contributed by atoms with Gasteiger partial charge in [-0.1, -0.05) is 143 Å². The van der Waals surface area contributed by atoms with Gasteiger partial charge in [0.05, 0.1) is 6.04 Å². The fourth-order valence-corrected chi connectivity index (χ4v) is 11.1. The summed E-state index contributed by atoms with van der Waals surface area (Å²) >= 11 is 0. The summed E-state index contributed by atoms with van der Waals surface area (Å²) in [5.41, 5.74) is 18.8. The first-order valence-corrected chi connectivity index (χ1v) is 23.9. The van der Waals surface area contributed by atoms with E-state index in [0.717, 1.165) is 57.8 Å². The molecule has 2 nitrogen and oxygen atoms in total. The van der Waals surface area contributed by atoms with Crippen LogP contribution in [-0.4, -0.2) is 10.9 Å². The molecule has 0 aliphatic heterocycles. The minimum Gasteiger partial charge on any atom is -0.358 e. The quantitative estimate of drug-likeness (QED) is 0.173. The zero-order valence-corrected chi connectivity index (χ0v) is 37.7. The Bertz CT molecular complexity index is 2520. The molecule has 9 rings (SSSR count). The zero-order valence-electron chi connectivity index (χ0n) is 37.7. The molecule has 1 unspecified atom stereocenters. The molecule has 0 aromatic heterocycles. The summed E-state index contributed by atoms with van der Waals surface area (Å²) in [6.07, 6.45) is 41.5. The van der Waals surface area contributed by atoms with Gasteiger partial charge in [-0.15, -0.1) is 0 Å². The number of hydrogen-bond donors (Lipinski definition) is 1. The number of benzene rings is 3. The van der Waals surface area contributed by atoms with Crippen molar-refractivity contribution in [3.63, 3.8) is 0 Å². The van der Waals surface area contributed by atoms with E-state index in [-0.39, 0.29) is 5.41 Å². The van der Waals surface area contributed by atoms with E-state index < -0.39 is 0 Å². The van der Waals surface area contributed by atoms with Crippen LogP contribution >= 0.6 is 0 Å². The van der Waals surface area contributed by atoms with E-state index in [1.165, 1.54) is 93.1 Å². The van der Waals surface area contributed by atoms with Gasteiger partial charge in [0.1, 0.15) is 0 Å².